The number of anilines is 1. The van der Waals surface area contributed by atoms with E-state index in [4.69, 9.17) is 14.7 Å². The first-order valence-electron chi connectivity index (χ1n) is 11.6. The number of hydrogen-bond acceptors (Lipinski definition) is 8. The first-order valence-corrected chi connectivity index (χ1v) is 11.6. The number of benzene rings is 1. The van der Waals surface area contributed by atoms with Crippen molar-refractivity contribution in [3.05, 3.63) is 29.8 Å². The van der Waals surface area contributed by atoms with E-state index >= 15 is 0 Å². The van der Waals surface area contributed by atoms with Gasteiger partial charge in [-0.15, -0.1) is 0 Å². The Morgan fingerprint density at radius 2 is 1.66 bits per heavy atom. The van der Waals surface area contributed by atoms with Crippen molar-refractivity contribution in [1.82, 2.24) is 9.80 Å². The number of piperazine rings is 1. The topological polar surface area (TPSA) is 86.1 Å². The summed E-state index contributed by atoms with van der Waals surface area (Å²) in [5.41, 5.74) is 1.81. The molecule has 0 saturated carbocycles. The van der Waals surface area contributed by atoms with Crippen molar-refractivity contribution >= 4 is 17.6 Å². The highest BCUT2D eigenvalue weighted by Crippen LogP contribution is 2.28. The molecule has 1 aromatic carbocycles. The van der Waals surface area contributed by atoms with Crippen LogP contribution in [0.1, 0.15) is 32.3 Å². The lowest BCUT2D eigenvalue weighted by Gasteiger charge is -2.46. The van der Waals surface area contributed by atoms with E-state index in [0.717, 1.165) is 44.8 Å². The van der Waals surface area contributed by atoms with Gasteiger partial charge in [0.1, 0.15) is 0 Å². The molecule has 2 atom stereocenters. The summed E-state index contributed by atoms with van der Waals surface area (Å²) in [6.07, 6.45) is 1.29. The average Bonchev–Trinajstić information content (AvgIpc) is 2.80. The van der Waals surface area contributed by atoms with Gasteiger partial charge in [-0.2, -0.15) is 5.26 Å². The van der Waals surface area contributed by atoms with Gasteiger partial charge in [-0.05, 0) is 50.5 Å². The fourth-order valence-corrected chi connectivity index (χ4v) is 4.80. The molecule has 0 radical (unpaired) electrons. The van der Waals surface area contributed by atoms with Crippen LogP contribution in [-0.4, -0.2) is 86.8 Å². The summed E-state index contributed by atoms with van der Waals surface area (Å²) in [5.74, 6) is -0.257. The molecule has 0 aromatic heterocycles. The van der Waals surface area contributed by atoms with Crippen LogP contribution in [0.4, 0.5) is 5.69 Å². The molecule has 2 fully saturated rings. The zero-order valence-corrected chi connectivity index (χ0v) is 19.2. The minimum absolute atomic E-state index is 0.124. The van der Waals surface area contributed by atoms with E-state index < -0.39 is 0 Å². The van der Waals surface area contributed by atoms with Gasteiger partial charge in [-0.25, -0.2) is 0 Å². The quantitative estimate of drug-likeness (QED) is 0.564. The van der Waals surface area contributed by atoms with Gasteiger partial charge in [0, 0.05) is 51.0 Å². The Morgan fingerprint density at radius 3 is 2.28 bits per heavy atom. The molecule has 0 spiro atoms. The number of carbonyl (C=O) groups excluding carboxylic acids is 2. The van der Waals surface area contributed by atoms with Gasteiger partial charge < -0.3 is 14.4 Å². The molecule has 2 saturated heterocycles. The van der Waals surface area contributed by atoms with Gasteiger partial charge in [0.25, 0.3) is 0 Å². The monoisotopic (exact) mass is 442 g/mol. The van der Waals surface area contributed by atoms with Crippen molar-refractivity contribution in [3.63, 3.8) is 0 Å². The molecule has 8 nitrogen and oxygen atoms in total. The number of nitrogens with zero attached hydrogens (tertiary/aromatic N) is 4. The maximum atomic E-state index is 12.3. The van der Waals surface area contributed by atoms with Crippen molar-refractivity contribution in [2.45, 2.75) is 32.7 Å². The van der Waals surface area contributed by atoms with Crippen molar-refractivity contribution < 1.29 is 19.1 Å². The van der Waals surface area contributed by atoms with E-state index in [1.54, 1.807) is 0 Å². The Hall–Kier alpha value is -2.63. The predicted octanol–water partition coefficient (Wildman–Crippen LogP) is 1.89. The van der Waals surface area contributed by atoms with E-state index in [-0.39, 0.29) is 24.4 Å². The van der Waals surface area contributed by atoms with Crippen LogP contribution in [0.25, 0.3) is 0 Å². The summed E-state index contributed by atoms with van der Waals surface area (Å²) >= 11 is 0. The van der Waals surface area contributed by atoms with Gasteiger partial charge >= 0.3 is 11.9 Å². The SMILES string of the molecule is CCOC(=O)CC1CN(CC(=O)OCC)CCC1N1CCN(c2ccc(C#N)cc2)CC1. The van der Waals surface area contributed by atoms with E-state index in [9.17, 15) is 9.59 Å². The first-order chi connectivity index (χ1) is 15.5. The Kier molecular flexibility index (Phi) is 8.89. The van der Waals surface area contributed by atoms with Crippen LogP contribution in [0.2, 0.25) is 0 Å². The Labute approximate surface area is 190 Å². The molecule has 1 aromatic rings. The molecular formula is C24H34N4O4. The molecule has 2 heterocycles. The van der Waals surface area contributed by atoms with Gasteiger partial charge in [-0.1, -0.05) is 0 Å². The molecule has 174 valence electrons. The predicted molar refractivity (Wildman–Crippen MR) is 121 cm³/mol. The fraction of sp³-hybridized carbons (Fsp3) is 0.625. The Bertz CT molecular complexity index is 799. The molecular weight excluding hydrogens is 408 g/mol. The number of carbonyl (C=O) groups is 2. The Balaban J connectivity index is 1.60. The molecule has 8 heteroatoms. The molecule has 3 rings (SSSR count). The molecule has 0 bridgehead atoms. The smallest absolute Gasteiger partial charge is 0.320 e. The molecule has 32 heavy (non-hydrogen) atoms. The third-order valence-corrected chi connectivity index (χ3v) is 6.31. The molecule has 2 aliphatic heterocycles. The van der Waals surface area contributed by atoms with Crippen LogP contribution in [-0.2, 0) is 19.1 Å². The number of piperidine rings is 1. The van der Waals surface area contributed by atoms with Crippen LogP contribution >= 0.6 is 0 Å². The Morgan fingerprint density at radius 1 is 1.00 bits per heavy atom. The van der Waals surface area contributed by atoms with E-state index in [1.165, 1.54) is 0 Å². The van der Waals surface area contributed by atoms with Crippen molar-refractivity contribution in [3.8, 4) is 6.07 Å². The van der Waals surface area contributed by atoms with E-state index in [1.807, 2.05) is 38.1 Å². The summed E-state index contributed by atoms with van der Waals surface area (Å²) in [6.45, 7) is 9.82. The zero-order valence-electron chi connectivity index (χ0n) is 19.2. The second kappa shape index (κ2) is 11.8. The number of nitriles is 1. The van der Waals surface area contributed by atoms with Crippen LogP contribution < -0.4 is 4.90 Å². The van der Waals surface area contributed by atoms with Crippen LogP contribution in [0.3, 0.4) is 0 Å². The summed E-state index contributed by atoms with van der Waals surface area (Å²) in [6, 6.07) is 10.2. The summed E-state index contributed by atoms with van der Waals surface area (Å²) in [7, 11) is 0. The van der Waals surface area contributed by atoms with Gasteiger partial charge in [-0.3, -0.25) is 19.4 Å². The van der Waals surface area contributed by atoms with Gasteiger partial charge in [0.05, 0.1) is 37.8 Å². The maximum absolute atomic E-state index is 12.3. The maximum Gasteiger partial charge on any atom is 0.320 e. The normalized spacial score (nSPS) is 22.2. The highest BCUT2D eigenvalue weighted by molar-refractivity contribution is 5.72. The third kappa shape index (κ3) is 6.44. The lowest BCUT2D eigenvalue weighted by Crippen LogP contribution is -2.57. The van der Waals surface area contributed by atoms with Crippen LogP contribution in [0.15, 0.2) is 24.3 Å². The minimum Gasteiger partial charge on any atom is -0.466 e. The summed E-state index contributed by atoms with van der Waals surface area (Å²) in [5, 5.41) is 9.00. The highest BCUT2D eigenvalue weighted by atomic mass is 16.5. The standard InChI is InChI=1S/C24H34N4O4/c1-3-31-23(29)15-20-17-26(18-24(30)32-4-2)10-9-22(20)28-13-11-27(12-14-28)21-7-5-19(16-25)6-8-21/h5-8,20,22H,3-4,9-15,17-18H2,1-2H3. The largest absolute Gasteiger partial charge is 0.466 e. The zero-order chi connectivity index (χ0) is 22.9. The van der Waals surface area contributed by atoms with Gasteiger partial charge in [0.15, 0.2) is 0 Å². The lowest BCUT2D eigenvalue weighted by atomic mass is 9.87. The summed E-state index contributed by atoms with van der Waals surface area (Å²) < 4.78 is 10.3. The van der Waals surface area contributed by atoms with Crippen LogP contribution in [0, 0.1) is 17.2 Å². The molecule has 2 unspecified atom stereocenters. The number of hydrogen-bond donors (Lipinski definition) is 0. The van der Waals surface area contributed by atoms with E-state index in [0.29, 0.717) is 37.8 Å². The van der Waals surface area contributed by atoms with Crippen molar-refractivity contribution in [1.29, 1.82) is 5.26 Å². The average molecular weight is 443 g/mol. The molecule has 2 aliphatic rings. The molecule has 0 amide bonds. The van der Waals surface area contributed by atoms with Crippen molar-refractivity contribution in [2.75, 3.05) is 63.9 Å². The number of esters is 2. The number of rotatable bonds is 8. The molecule has 0 N–H and O–H groups in total. The first kappa shape index (κ1) is 24.0. The highest BCUT2D eigenvalue weighted by Gasteiger charge is 2.36. The fourth-order valence-electron chi connectivity index (χ4n) is 4.80. The minimum atomic E-state index is -0.211. The number of ether oxygens (including phenoxy) is 2. The summed E-state index contributed by atoms with van der Waals surface area (Å²) in [4.78, 5) is 31.2. The van der Waals surface area contributed by atoms with Gasteiger partial charge in [0.2, 0.25) is 0 Å². The second-order valence-electron chi connectivity index (χ2n) is 8.35. The second-order valence-corrected chi connectivity index (χ2v) is 8.35. The third-order valence-electron chi connectivity index (χ3n) is 6.31. The van der Waals surface area contributed by atoms with Crippen LogP contribution in [0.5, 0.6) is 0 Å². The molecule has 0 aliphatic carbocycles. The van der Waals surface area contributed by atoms with E-state index in [2.05, 4.69) is 20.8 Å². The number of likely N-dealkylation sites (tertiary alicyclic amines) is 1. The lowest BCUT2D eigenvalue weighted by molar-refractivity contribution is -0.146. The van der Waals surface area contributed by atoms with Crippen molar-refractivity contribution in [2.24, 2.45) is 5.92 Å².